The maximum absolute atomic E-state index is 13.0. The van der Waals surface area contributed by atoms with Crippen LogP contribution in [0.5, 0.6) is 5.88 Å². The maximum atomic E-state index is 13.0. The van der Waals surface area contributed by atoms with Gasteiger partial charge in [0.2, 0.25) is 5.88 Å². The van der Waals surface area contributed by atoms with E-state index < -0.39 is 28.9 Å². The summed E-state index contributed by atoms with van der Waals surface area (Å²) in [4.78, 5) is 39.3. The van der Waals surface area contributed by atoms with E-state index >= 15 is 0 Å². The molecule has 1 aromatic carbocycles. The molecule has 0 unspecified atom stereocenters. The van der Waals surface area contributed by atoms with E-state index in [4.69, 9.17) is 0 Å². The van der Waals surface area contributed by atoms with Gasteiger partial charge in [-0.05, 0) is 37.3 Å². The molecule has 8 nitrogen and oxygen atoms in total. The minimum Gasteiger partial charge on any atom is -0.494 e. The molecule has 0 saturated heterocycles. The molecule has 0 fully saturated rings. The molecule has 3 N–H and O–H groups in total. The maximum Gasteiger partial charge on any atom is 0.328 e. The zero-order valence-electron chi connectivity index (χ0n) is 12.3. The zero-order chi connectivity index (χ0) is 17.4. The first-order valence-electron chi connectivity index (χ1n) is 6.79. The highest BCUT2D eigenvalue weighted by atomic mass is 19.1. The lowest BCUT2D eigenvalue weighted by Crippen LogP contribution is -2.25. The van der Waals surface area contributed by atoms with Crippen LogP contribution in [-0.2, 0) is 4.79 Å². The van der Waals surface area contributed by atoms with E-state index in [0.29, 0.717) is 11.4 Å². The van der Waals surface area contributed by atoms with Crippen molar-refractivity contribution in [3.63, 3.8) is 0 Å². The van der Waals surface area contributed by atoms with E-state index in [1.54, 1.807) is 6.92 Å². The van der Waals surface area contributed by atoms with Crippen molar-refractivity contribution in [2.75, 3.05) is 5.01 Å². The molecule has 3 rings (SSSR count). The average Bonchev–Trinajstić information content (AvgIpc) is 2.79. The largest absolute Gasteiger partial charge is 0.494 e. The minimum atomic E-state index is -0.865. The Kier molecular flexibility index (Phi) is 3.60. The van der Waals surface area contributed by atoms with Gasteiger partial charge in [0.25, 0.3) is 11.5 Å². The smallest absolute Gasteiger partial charge is 0.328 e. The van der Waals surface area contributed by atoms with E-state index in [1.165, 1.54) is 24.3 Å². The van der Waals surface area contributed by atoms with Crippen molar-refractivity contribution in [1.82, 2.24) is 9.97 Å². The third kappa shape index (κ3) is 2.62. The average molecular weight is 330 g/mol. The van der Waals surface area contributed by atoms with E-state index in [-0.39, 0.29) is 11.1 Å². The van der Waals surface area contributed by atoms with Gasteiger partial charge in [-0.25, -0.2) is 9.18 Å². The highest BCUT2D eigenvalue weighted by Crippen LogP contribution is 2.25. The number of nitrogens with zero attached hydrogens (tertiary/aromatic N) is 2. The molecule has 1 aliphatic rings. The van der Waals surface area contributed by atoms with E-state index in [9.17, 15) is 23.9 Å². The highest BCUT2D eigenvalue weighted by molar-refractivity contribution is 6.32. The number of rotatable bonds is 2. The number of carbonyl (C=O) groups is 1. The highest BCUT2D eigenvalue weighted by Gasteiger charge is 2.29. The quantitative estimate of drug-likeness (QED) is 0.703. The molecular formula is C15H11FN4O4. The Morgan fingerprint density at radius 3 is 2.46 bits per heavy atom. The van der Waals surface area contributed by atoms with Gasteiger partial charge in [-0.2, -0.15) is 10.1 Å². The van der Waals surface area contributed by atoms with Crippen LogP contribution in [0, 0.1) is 5.82 Å². The molecule has 1 aliphatic heterocycles. The van der Waals surface area contributed by atoms with Crippen LogP contribution in [0.1, 0.15) is 12.5 Å². The monoisotopic (exact) mass is 330 g/mol. The summed E-state index contributed by atoms with van der Waals surface area (Å²) in [5, 5.41) is 14.8. The number of hydrazone groups is 1. The van der Waals surface area contributed by atoms with Crippen molar-refractivity contribution in [3.05, 3.63) is 62.1 Å². The predicted molar refractivity (Wildman–Crippen MR) is 84.3 cm³/mol. The lowest BCUT2D eigenvalue weighted by Gasteiger charge is -2.11. The number of carbonyl (C=O) groups excluding carboxylic acids is 1. The normalized spacial score (nSPS) is 15.9. The first-order valence-corrected chi connectivity index (χ1v) is 6.79. The number of anilines is 1. The zero-order valence-corrected chi connectivity index (χ0v) is 12.3. The number of aromatic nitrogens is 2. The molecule has 1 aromatic heterocycles. The second-order valence-electron chi connectivity index (χ2n) is 5.01. The van der Waals surface area contributed by atoms with Gasteiger partial charge in [0.1, 0.15) is 11.4 Å². The molecule has 9 heteroatoms. The Balaban J connectivity index is 2.04. The van der Waals surface area contributed by atoms with Crippen molar-refractivity contribution >= 4 is 23.4 Å². The number of amides is 1. The topological polar surface area (TPSA) is 119 Å². The number of benzene rings is 1. The number of aromatic hydroxyl groups is 1. The Labute approximate surface area is 133 Å². The van der Waals surface area contributed by atoms with Crippen molar-refractivity contribution in [1.29, 1.82) is 0 Å². The second kappa shape index (κ2) is 5.61. The predicted octanol–water partition coefficient (Wildman–Crippen LogP) is 0.714. The Hall–Kier alpha value is -3.49. The Morgan fingerprint density at radius 2 is 1.83 bits per heavy atom. The fourth-order valence-electron chi connectivity index (χ4n) is 2.20. The van der Waals surface area contributed by atoms with Gasteiger partial charge in [-0.3, -0.25) is 19.6 Å². The SMILES string of the molecule is CC1=NN(c2ccc(F)cc2)C(=O)/C1=C/c1c(O)[nH]c(=O)[nH]c1=O. The van der Waals surface area contributed by atoms with Crippen LogP contribution in [-0.4, -0.2) is 26.7 Å². The van der Waals surface area contributed by atoms with Crippen LogP contribution in [0.15, 0.2) is 44.5 Å². The first-order chi connectivity index (χ1) is 11.4. The Bertz CT molecular complexity index is 1000. The molecule has 2 aromatic rings. The van der Waals surface area contributed by atoms with Gasteiger partial charge >= 0.3 is 5.69 Å². The van der Waals surface area contributed by atoms with Crippen molar-refractivity contribution in [2.24, 2.45) is 5.10 Å². The molecule has 0 bridgehead atoms. The molecule has 0 atom stereocenters. The van der Waals surface area contributed by atoms with Gasteiger partial charge in [-0.15, -0.1) is 0 Å². The van der Waals surface area contributed by atoms with Crippen LogP contribution >= 0.6 is 0 Å². The summed E-state index contributed by atoms with van der Waals surface area (Å²) in [5.74, 6) is -1.66. The van der Waals surface area contributed by atoms with Gasteiger partial charge < -0.3 is 5.11 Å². The molecule has 122 valence electrons. The number of nitrogens with one attached hydrogen (secondary N) is 2. The van der Waals surface area contributed by atoms with E-state index in [1.807, 2.05) is 9.97 Å². The molecule has 0 radical (unpaired) electrons. The standard InChI is InChI=1S/C15H11FN4O4/c1-7-10(6-11-12(21)17-15(24)18-13(11)22)14(23)20(19-7)9-4-2-8(16)3-5-9/h2-6H,1H3,(H3,17,18,21,22,24)/b10-6+. The van der Waals surface area contributed by atoms with Crippen molar-refractivity contribution in [2.45, 2.75) is 6.92 Å². The first kappa shape index (κ1) is 15.4. The number of hydrogen-bond donors (Lipinski definition) is 3. The lowest BCUT2D eigenvalue weighted by atomic mass is 10.1. The third-order valence-corrected chi connectivity index (χ3v) is 3.38. The van der Waals surface area contributed by atoms with Crippen LogP contribution < -0.4 is 16.3 Å². The van der Waals surface area contributed by atoms with Gasteiger partial charge in [0.15, 0.2) is 0 Å². The molecule has 1 amide bonds. The van der Waals surface area contributed by atoms with Crippen molar-refractivity contribution < 1.29 is 14.3 Å². The number of halogens is 1. The summed E-state index contributed by atoms with van der Waals surface area (Å²) in [7, 11) is 0. The van der Waals surface area contributed by atoms with Crippen molar-refractivity contribution in [3.8, 4) is 5.88 Å². The Morgan fingerprint density at radius 1 is 1.17 bits per heavy atom. The summed E-state index contributed by atoms with van der Waals surface area (Å²) < 4.78 is 13.0. The van der Waals surface area contributed by atoms with Gasteiger partial charge in [0.05, 0.1) is 17.0 Å². The van der Waals surface area contributed by atoms with Crippen LogP contribution in [0.4, 0.5) is 10.1 Å². The minimum absolute atomic E-state index is 0.0622. The van der Waals surface area contributed by atoms with Crippen LogP contribution in [0.3, 0.4) is 0 Å². The summed E-state index contributed by atoms with van der Waals surface area (Å²) in [6, 6.07) is 5.15. The summed E-state index contributed by atoms with van der Waals surface area (Å²) in [5.41, 5.74) is -1.26. The number of aromatic amines is 2. The molecule has 0 aliphatic carbocycles. The molecular weight excluding hydrogens is 319 g/mol. The fraction of sp³-hybridized carbons (Fsp3) is 0.0667. The number of H-pyrrole nitrogens is 2. The second-order valence-corrected chi connectivity index (χ2v) is 5.01. The molecule has 0 saturated carbocycles. The summed E-state index contributed by atoms with van der Waals surface area (Å²) in [6.45, 7) is 1.55. The summed E-state index contributed by atoms with van der Waals surface area (Å²) >= 11 is 0. The molecule has 0 spiro atoms. The molecule has 2 heterocycles. The lowest BCUT2D eigenvalue weighted by molar-refractivity contribution is -0.114. The fourth-order valence-corrected chi connectivity index (χ4v) is 2.20. The summed E-state index contributed by atoms with van der Waals surface area (Å²) in [6.07, 6.45) is 1.13. The number of hydrogen-bond acceptors (Lipinski definition) is 5. The molecule has 24 heavy (non-hydrogen) atoms. The van der Waals surface area contributed by atoms with Gasteiger partial charge in [-0.1, -0.05) is 0 Å². The van der Waals surface area contributed by atoms with E-state index in [0.717, 1.165) is 11.1 Å². The third-order valence-electron chi connectivity index (χ3n) is 3.38. The van der Waals surface area contributed by atoms with Crippen LogP contribution in [0.25, 0.3) is 6.08 Å². The van der Waals surface area contributed by atoms with E-state index in [2.05, 4.69) is 5.10 Å². The van der Waals surface area contributed by atoms with Crippen LogP contribution in [0.2, 0.25) is 0 Å². The van der Waals surface area contributed by atoms with Gasteiger partial charge in [0, 0.05) is 0 Å².